The van der Waals surface area contributed by atoms with E-state index >= 15 is 0 Å². The molecule has 0 radical (unpaired) electrons. The molecule has 94 valence electrons. The van der Waals surface area contributed by atoms with Gasteiger partial charge < -0.3 is 5.73 Å². The summed E-state index contributed by atoms with van der Waals surface area (Å²) in [6.45, 7) is 5.12. The molecule has 0 aliphatic heterocycles. The third kappa shape index (κ3) is 4.89. The zero-order valence-corrected chi connectivity index (χ0v) is 10.7. The minimum atomic E-state index is -0.374. The number of para-hydroxylation sites is 1. The van der Waals surface area contributed by atoms with E-state index in [0.717, 1.165) is 18.5 Å². The van der Waals surface area contributed by atoms with Crippen LogP contribution in [0.25, 0.3) is 0 Å². The molecule has 0 fully saturated rings. The molecule has 3 heteroatoms. The Morgan fingerprint density at radius 1 is 1.29 bits per heavy atom. The van der Waals surface area contributed by atoms with Gasteiger partial charge in [0.25, 0.3) is 0 Å². The second kappa shape index (κ2) is 6.94. The standard InChI is InChI=1S/C14H22N2O/c1-12(2)8-6-7-11-16(14(15)17)13-9-4-3-5-10-13/h3-5,9-10,12H,6-8,11H2,1-2H3,(H2,15,17)/p+1. The van der Waals surface area contributed by atoms with Crippen LogP contribution in [0.15, 0.2) is 30.3 Å². The van der Waals surface area contributed by atoms with Gasteiger partial charge in [-0.3, -0.25) is 4.90 Å². The van der Waals surface area contributed by atoms with Gasteiger partial charge in [-0.2, -0.15) is 0 Å². The van der Waals surface area contributed by atoms with Crippen LogP contribution in [-0.4, -0.2) is 12.6 Å². The number of nitrogens with zero attached hydrogens (tertiary/aromatic N) is 1. The summed E-state index contributed by atoms with van der Waals surface area (Å²) >= 11 is 0. The number of amides is 2. The van der Waals surface area contributed by atoms with E-state index in [9.17, 15) is 4.79 Å². The fraction of sp³-hybridized carbons (Fsp3) is 0.500. The number of hydrogen-bond acceptors (Lipinski definition) is 1. The summed E-state index contributed by atoms with van der Waals surface area (Å²) in [4.78, 5) is 13.0. The molecule has 1 aromatic carbocycles. The van der Waals surface area contributed by atoms with Crippen molar-refractivity contribution in [2.45, 2.75) is 33.1 Å². The Morgan fingerprint density at radius 3 is 2.47 bits per heavy atom. The first-order chi connectivity index (χ1) is 8.11. The Bertz CT molecular complexity index is 341. The lowest BCUT2D eigenvalue weighted by molar-refractivity contribution is 0.253. The summed E-state index contributed by atoms with van der Waals surface area (Å²) in [7, 11) is 0. The van der Waals surface area contributed by atoms with Gasteiger partial charge in [-0.05, 0) is 24.5 Å². The largest absolute Gasteiger partial charge is 1.00 e. The molecule has 17 heavy (non-hydrogen) atoms. The maximum atomic E-state index is 11.4. The molecule has 0 saturated carbocycles. The summed E-state index contributed by atoms with van der Waals surface area (Å²) in [6.07, 6.45) is 3.33. The van der Waals surface area contributed by atoms with Crippen LogP contribution >= 0.6 is 0 Å². The molecule has 0 aliphatic rings. The molecule has 1 aromatic rings. The maximum Gasteiger partial charge on any atom is 1.00 e. The van der Waals surface area contributed by atoms with Crippen LogP contribution in [0.3, 0.4) is 0 Å². The van der Waals surface area contributed by atoms with Gasteiger partial charge in [-0.15, -0.1) is 0 Å². The normalized spacial score (nSPS) is 10.5. The zero-order chi connectivity index (χ0) is 12.7. The van der Waals surface area contributed by atoms with Crippen LogP contribution in [-0.2, 0) is 0 Å². The third-order valence-corrected chi connectivity index (χ3v) is 2.75. The van der Waals surface area contributed by atoms with Gasteiger partial charge in [-0.25, -0.2) is 4.79 Å². The molecule has 0 atom stereocenters. The summed E-state index contributed by atoms with van der Waals surface area (Å²) in [5.41, 5.74) is 6.28. The van der Waals surface area contributed by atoms with Crippen molar-refractivity contribution in [2.75, 3.05) is 11.4 Å². The molecule has 0 aliphatic carbocycles. The van der Waals surface area contributed by atoms with Gasteiger partial charge in [0.05, 0.1) is 0 Å². The van der Waals surface area contributed by atoms with Gasteiger partial charge in [0.2, 0.25) is 0 Å². The van der Waals surface area contributed by atoms with Gasteiger partial charge in [0.15, 0.2) is 0 Å². The molecular weight excluding hydrogens is 212 g/mol. The van der Waals surface area contributed by atoms with Crippen molar-refractivity contribution in [1.82, 2.24) is 0 Å². The summed E-state index contributed by atoms with van der Waals surface area (Å²) in [5, 5.41) is 0. The zero-order valence-electron chi connectivity index (χ0n) is 11.7. The Labute approximate surface area is 105 Å². The predicted molar refractivity (Wildman–Crippen MR) is 73.2 cm³/mol. The highest BCUT2D eigenvalue weighted by Gasteiger charge is 2.10. The second-order valence-corrected chi connectivity index (χ2v) is 4.72. The van der Waals surface area contributed by atoms with E-state index in [2.05, 4.69) is 13.8 Å². The maximum absolute atomic E-state index is 11.4. The van der Waals surface area contributed by atoms with Crippen molar-refractivity contribution in [1.29, 1.82) is 0 Å². The molecular formula is C14H23N2O+. The number of hydrogen-bond donors (Lipinski definition) is 1. The number of unbranched alkanes of at least 4 members (excludes halogenated alkanes) is 1. The Hall–Kier alpha value is -1.51. The molecule has 0 saturated heterocycles. The number of benzene rings is 1. The molecule has 0 unspecified atom stereocenters. The van der Waals surface area contributed by atoms with Crippen molar-refractivity contribution < 1.29 is 6.22 Å². The highest BCUT2D eigenvalue weighted by molar-refractivity contribution is 5.90. The van der Waals surface area contributed by atoms with Crippen LogP contribution in [0, 0.1) is 5.92 Å². The molecule has 0 heterocycles. The SMILES string of the molecule is CC(C)CCCCN(C(N)=O)c1ccccc1.[H+]. The smallest absolute Gasteiger partial charge is 0.351 e. The summed E-state index contributed by atoms with van der Waals surface area (Å²) in [5.74, 6) is 0.716. The summed E-state index contributed by atoms with van der Waals surface area (Å²) in [6, 6.07) is 9.21. The quantitative estimate of drug-likeness (QED) is 0.753. The fourth-order valence-electron chi connectivity index (χ4n) is 1.80. The first-order valence-electron chi connectivity index (χ1n) is 6.23. The topological polar surface area (TPSA) is 46.3 Å². The number of carbonyl (C=O) groups is 1. The van der Waals surface area contributed by atoms with Gasteiger partial charge in [0, 0.05) is 12.2 Å². The van der Waals surface area contributed by atoms with E-state index in [1.54, 1.807) is 4.90 Å². The molecule has 0 spiro atoms. The first-order valence-corrected chi connectivity index (χ1v) is 6.23. The van der Waals surface area contributed by atoms with Gasteiger partial charge in [0.1, 0.15) is 0 Å². The molecule has 2 N–H and O–H groups in total. The Kier molecular flexibility index (Phi) is 5.53. The van der Waals surface area contributed by atoms with Crippen LogP contribution in [0.4, 0.5) is 10.5 Å². The van der Waals surface area contributed by atoms with Crippen LogP contribution in [0.5, 0.6) is 0 Å². The highest BCUT2D eigenvalue weighted by atomic mass is 16.2. The average molecular weight is 235 g/mol. The van der Waals surface area contributed by atoms with Crippen molar-refractivity contribution in [3.05, 3.63) is 30.3 Å². The predicted octanol–water partition coefficient (Wildman–Crippen LogP) is 3.51. The number of anilines is 1. The number of urea groups is 1. The lowest BCUT2D eigenvalue weighted by Gasteiger charge is -2.20. The number of rotatable bonds is 6. The van der Waals surface area contributed by atoms with Gasteiger partial charge in [-0.1, -0.05) is 44.9 Å². The lowest BCUT2D eigenvalue weighted by Crippen LogP contribution is -2.36. The van der Waals surface area contributed by atoms with Crippen molar-refractivity contribution in [3.8, 4) is 0 Å². The van der Waals surface area contributed by atoms with E-state index in [4.69, 9.17) is 5.73 Å². The monoisotopic (exact) mass is 235 g/mol. The first kappa shape index (κ1) is 13.6. The van der Waals surface area contributed by atoms with Crippen molar-refractivity contribution in [3.63, 3.8) is 0 Å². The van der Waals surface area contributed by atoms with Crippen molar-refractivity contribution in [2.24, 2.45) is 11.7 Å². The Balaban J connectivity index is 0.00000289. The molecule has 1 rings (SSSR count). The van der Waals surface area contributed by atoms with E-state index in [-0.39, 0.29) is 7.46 Å². The number of primary amides is 1. The van der Waals surface area contributed by atoms with E-state index in [1.165, 1.54) is 6.42 Å². The van der Waals surface area contributed by atoms with E-state index in [1.807, 2.05) is 30.3 Å². The van der Waals surface area contributed by atoms with Crippen LogP contribution in [0.2, 0.25) is 0 Å². The molecule has 0 aromatic heterocycles. The van der Waals surface area contributed by atoms with E-state index < -0.39 is 0 Å². The third-order valence-electron chi connectivity index (χ3n) is 2.75. The van der Waals surface area contributed by atoms with Crippen molar-refractivity contribution >= 4 is 11.7 Å². The second-order valence-electron chi connectivity index (χ2n) is 4.72. The highest BCUT2D eigenvalue weighted by Crippen LogP contribution is 2.15. The summed E-state index contributed by atoms with van der Waals surface area (Å²) < 4.78 is 0. The minimum absolute atomic E-state index is 0. The molecule has 3 nitrogen and oxygen atoms in total. The minimum Gasteiger partial charge on any atom is -0.351 e. The number of nitrogens with two attached hydrogens (primary N) is 1. The van der Waals surface area contributed by atoms with Crippen LogP contribution < -0.4 is 10.6 Å². The molecule has 2 amide bonds. The van der Waals surface area contributed by atoms with Crippen LogP contribution in [0.1, 0.15) is 34.5 Å². The average Bonchev–Trinajstić information content (AvgIpc) is 2.29. The number of carbonyl (C=O) groups excluding carboxylic acids is 1. The van der Waals surface area contributed by atoms with Gasteiger partial charge >= 0.3 is 7.46 Å². The van der Waals surface area contributed by atoms with E-state index in [0.29, 0.717) is 12.5 Å². The lowest BCUT2D eigenvalue weighted by atomic mass is 10.1. The molecule has 0 bridgehead atoms. The fourth-order valence-corrected chi connectivity index (χ4v) is 1.80. The Morgan fingerprint density at radius 2 is 1.94 bits per heavy atom.